The lowest BCUT2D eigenvalue weighted by Gasteiger charge is -2.30. The highest BCUT2D eigenvalue weighted by Crippen LogP contribution is 2.25. The van der Waals surface area contributed by atoms with Crippen LogP contribution in [0.15, 0.2) is 16.9 Å². The molecule has 0 unspecified atom stereocenters. The third-order valence-corrected chi connectivity index (χ3v) is 3.54. The molecule has 1 atom stereocenters. The Bertz CT molecular complexity index is 552. The number of piperidine rings is 1. The van der Waals surface area contributed by atoms with E-state index in [0.717, 1.165) is 38.5 Å². The summed E-state index contributed by atoms with van der Waals surface area (Å²) in [5.41, 5.74) is 0. The van der Waals surface area contributed by atoms with E-state index in [1.165, 1.54) is 0 Å². The molecule has 0 aromatic carbocycles. The predicted octanol–water partition coefficient (Wildman–Crippen LogP) is 2.07. The Hall–Kier alpha value is -1.40. The number of rotatable bonds is 3. The van der Waals surface area contributed by atoms with Gasteiger partial charge < -0.3 is 4.52 Å². The molecular weight excluding hydrogens is 266 g/mol. The minimum absolute atomic E-state index is 0.320. The summed E-state index contributed by atoms with van der Waals surface area (Å²) in [7, 11) is 0. The van der Waals surface area contributed by atoms with Gasteiger partial charge in [0.1, 0.15) is 0 Å². The Morgan fingerprint density at radius 2 is 2.42 bits per heavy atom. The van der Waals surface area contributed by atoms with E-state index in [9.17, 15) is 0 Å². The first kappa shape index (κ1) is 12.6. The van der Waals surface area contributed by atoms with Crippen molar-refractivity contribution in [2.45, 2.75) is 32.4 Å². The maximum Gasteiger partial charge on any atom is 0.231 e. The van der Waals surface area contributed by atoms with Gasteiger partial charge in [0.15, 0.2) is 5.82 Å². The molecule has 2 aromatic heterocycles. The Labute approximate surface area is 116 Å². The number of likely N-dealkylation sites (tertiary alicyclic amines) is 1. The van der Waals surface area contributed by atoms with Crippen LogP contribution in [-0.2, 0) is 6.67 Å². The Kier molecular flexibility index (Phi) is 3.52. The molecule has 0 saturated carbocycles. The van der Waals surface area contributed by atoms with Crippen LogP contribution in [-0.4, -0.2) is 37.9 Å². The summed E-state index contributed by atoms with van der Waals surface area (Å²) in [4.78, 5) is 6.66. The number of halogens is 1. The Morgan fingerprint density at radius 3 is 3.11 bits per heavy atom. The van der Waals surface area contributed by atoms with Gasteiger partial charge in [-0.15, -0.1) is 0 Å². The van der Waals surface area contributed by atoms with Gasteiger partial charge in [0.2, 0.25) is 5.89 Å². The summed E-state index contributed by atoms with van der Waals surface area (Å²) >= 11 is 5.87. The van der Waals surface area contributed by atoms with E-state index in [4.69, 9.17) is 16.1 Å². The van der Waals surface area contributed by atoms with Gasteiger partial charge in [-0.2, -0.15) is 10.1 Å². The molecule has 0 amide bonds. The van der Waals surface area contributed by atoms with Crippen molar-refractivity contribution in [1.29, 1.82) is 0 Å². The first-order valence-corrected chi connectivity index (χ1v) is 6.79. The van der Waals surface area contributed by atoms with Crippen molar-refractivity contribution in [3.63, 3.8) is 0 Å². The molecule has 0 N–H and O–H groups in total. The molecule has 3 heterocycles. The van der Waals surface area contributed by atoms with Crippen molar-refractivity contribution in [3.8, 4) is 0 Å². The molecule has 19 heavy (non-hydrogen) atoms. The van der Waals surface area contributed by atoms with Crippen molar-refractivity contribution in [2.75, 3.05) is 13.1 Å². The molecular formula is C12H16ClN5O. The zero-order valence-corrected chi connectivity index (χ0v) is 11.5. The number of hydrogen-bond donors (Lipinski definition) is 0. The second-order valence-corrected chi connectivity index (χ2v) is 5.37. The standard InChI is InChI=1S/C12H16ClN5O/c1-9-15-12(19-16-9)10-3-2-4-17(6-10)8-18-7-11(13)5-14-18/h5,7,10H,2-4,6,8H2,1H3/t10-/m1/s1. The minimum Gasteiger partial charge on any atom is -0.339 e. The normalized spacial score (nSPS) is 20.8. The van der Waals surface area contributed by atoms with Crippen LogP contribution in [0.5, 0.6) is 0 Å². The summed E-state index contributed by atoms with van der Waals surface area (Å²) in [6.45, 7) is 4.57. The van der Waals surface area contributed by atoms with Gasteiger partial charge in [-0.1, -0.05) is 16.8 Å². The van der Waals surface area contributed by atoms with E-state index in [0.29, 0.717) is 16.8 Å². The molecule has 2 aromatic rings. The van der Waals surface area contributed by atoms with Crippen molar-refractivity contribution in [3.05, 3.63) is 29.1 Å². The van der Waals surface area contributed by atoms with Crippen LogP contribution in [0.3, 0.4) is 0 Å². The summed E-state index contributed by atoms with van der Waals surface area (Å²) in [6, 6.07) is 0. The fourth-order valence-corrected chi connectivity index (χ4v) is 2.64. The molecule has 0 radical (unpaired) electrons. The molecule has 3 rings (SSSR count). The lowest BCUT2D eigenvalue weighted by atomic mass is 9.98. The van der Waals surface area contributed by atoms with Gasteiger partial charge in [-0.05, 0) is 26.3 Å². The van der Waals surface area contributed by atoms with E-state index in [2.05, 4.69) is 20.1 Å². The molecule has 0 aliphatic carbocycles. The molecule has 1 aliphatic rings. The van der Waals surface area contributed by atoms with Crippen LogP contribution >= 0.6 is 11.6 Å². The quantitative estimate of drug-likeness (QED) is 0.862. The fourth-order valence-electron chi connectivity index (χ4n) is 2.49. The van der Waals surface area contributed by atoms with E-state index in [1.807, 2.05) is 17.8 Å². The zero-order chi connectivity index (χ0) is 13.2. The van der Waals surface area contributed by atoms with Crippen molar-refractivity contribution in [1.82, 2.24) is 24.8 Å². The zero-order valence-electron chi connectivity index (χ0n) is 10.8. The van der Waals surface area contributed by atoms with Gasteiger partial charge in [0.25, 0.3) is 0 Å². The average Bonchev–Trinajstić information content (AvgIpc) is 2.99. The third kappa shape index (κ3) is 2.96. The SMILES string of the molecule is Cc1noc([C@@H]2CCCN(Cn3cc(Cl)cn3)C2)n1. The lowest BCUT2D eigenvalue weighted by molar-refractivity contribution is 0.144. The highest BCUT2D eigenvalue weighted by atomic mass is 35.5. The molecule has 1 aliphatic heterocycles. The van der Waals surface area contributed by atoms with E-state index < -0.39 is 0 Å². The van der Waals surface area contributed by atoms with Crippen molar-refractivity contribution >= 4 is 11.6 Å². The number of nitrogens with zero attached hydrogens (tertiary/aromatic N) is 5. The topological polar surface area (TPSA) is 60.0 Å². The van der Waals surface area contributed by atoms with Crippen LogP contribution in [0.25, 0.3) is 0 Å². The van der Waals surface area contributed by atoms with E-state index in [-0.39, 0.29) is 0 Å². The lowest BCUT2D eigenvalue weighted by Crippen LogP contribution is -2.36. The summed E-state index contributed by atoms with van der Waals surface area (Å²) in [5, 5.41) is 8.74. The number of aryl methyl sites for hydroxylation is 1. The van der Waals surface area contributed by atoms with Crippen LogP contribution in [0.4, 0.5) is 0 Å². The first-order chi connectivity index (χ1) is 9.20. The molecule has 7 heteroatoms. The predicted molar refractivity (Wildman–Crippen MR) is 69.8 cm³/mol. The first-order valence-electron chi connectivity index (χ1n) is 6.41. The van der Waals surface area contributed by atoms with E-state index in [1.54, 1.807) is 6.20 Å². The second-order valence-electron chi connectivity index (χ2n) is 4.94. The number of aromatic nitrogens is 4. The van der Waals surface area contributed by atoms with Crippen LogP contribution in [0.2, 0.25) is 5.02 Å². The summed E-state index contributed by atoms with van der Waals surface area (Å²) < 4.78 is 7.13. The molecule has 1 fully saturated rings. The van der Waals surface area contributed by atoms with Crippen molar-refractivity contribution in [2.24, 2.45) is 0 Å². The molecule has 1 saturated heterocycles. The van der Waals surface area contributed by atoms with Gasteiger partial charge in [-0.25, -0.2) is 0 Å². The maximum atomic E-state index is 5.87. The molecule has 6 nitrogen and oxygen atoms in total. The highest BCUT2D eigenvalue weighted by molar-refractivity contribution is 6.30. The van der Waals surface area contributed by atoms with E-state index >= 15 is 0 Å². The molecule has 0 spiro atoms. The summed E-state index contributed by atoms with van der Waals surface area (Å²) in [6.07, 6.45) is 5.71. The van der Waals surface area contributed by atoms with Crippen LogP contribution in [0.1, 0.15) is 30.5 Å². The third-order valence-electron chi connectivity index (χ3n) is 3.34. The molecule has 0 bridgehead atoms. The number of hydrogen-bond acceptors (Lipinski definition) is 5. The largest absolute Gasteiger partial charge is 0.339 e. The monoisotopic (exact) mass is 281 g/mol. The second kappa shape index (κ2) is 5.30. The highest BCUT2D eigenvalue weighted by Gasteiger charge is 2.25. The van der Waals surface area contributed by atoms with Gasteiger partial charge in [0.05, 0.1) is 23.8 Å². The average molecular weight is 282 g/mol. The summed E-state index contributed by atoms with van der Waals surface area (Å²) in [5.74, 6) is 1.77. The Morgan fingerprint density at radius 1 is 1.53 bits per heavy atom. The Balaban J connectivity index is 1.64. The fraction of sp³-hybridized carbons (Fsp3) is 0.583. The van der Waals surface area contributed by atoms with Crippen LogP contribution in [0, 0.1) is 6.92 Å². The smallest absolute Gasteiger partial charge is 0.231 e. The van der Waals surface area contributed by atoms with Gasteiger partial charge in [-0.3, -0.25) is 9.58 Å². The minimum atomic E-state index is 0.320. The van der Waals surface area contributed by atoms with Crippen LogP contribution < -0.4 is 0 Å². The van der Waals surface area contributed by atoms with Gasteiger partial charge in [0, 0.05) is 12.7 Å². The van der Waals surface area contributed by atoms with Crippen molar-refractivity contribution < 1.29 is 4.52 Å². The maximum absolute atomic E-state index is 5.87. The van der Waals surface area contributed by atoms with Gasteiger partial charge >= 0.3 is 0 Å². The molecule has 102 valence electrons.